The molecule has 0 saturated carbocycles. The van der Waals surface area contributed by atoms with Crippen molar-refractivity contribution in [3.63, 3.8) is 0 Å². The molecule has 0 aliphatic heterocycles. The molecule has 1 aromatic heterocycles. The van der Waals surface area contributed by atoms with Gasteiger partial charge in [0, 0.05) is 18.5 Å². The van der Waals surface area contributed by atoms with E-state index in [0.717, 1.165) is 48.8 Å². The Bertz CT molecular complexity index is 514. The molecule has 1 heterocycles. The van der Waals surface area contributed by atoms with Crippen LogP contribution in [0.3, 0.4) is 0 Å². The van der Waals surface area contributed by atoms with Gasteiger partial charge in [-0.1, -0.05) is 0 Å². The van der Waals surface area contributed by atoms with Gasteiger partial charge in [-0.05, 0) is 31.2 Å². The second kappa shape index (κ2) is 7.49. The van der Waals surface area contributed by atoms with E-state index in [4.69, 9.17) is 9.47 Å². The highest BCUT2D eigenvalue weighted by molar-refractivity contribution is 5.40. The molecule has 108 valence electrons. The van der Waals surface area contributed by atoms with E-state index in [2.05, 4.69) is 20.5 Å². The lowest BCUT2D eigenvalue weighted by Gasteiger charge is -2.11. The number of aromatic nitrogens is 3. The van der Waals surface area contributed by atoms with E-state index >= 15 is 0 Å². The first-order valence-corrected chi connectivity index (χ1v) is 6.59. The number of hydrogen-bond acceptors (Lipinski definition) is 5. The first-order valence-electron chi connectivity index (χ1n) is 6.59. The minimum atomic E-state index is 0.747. The van der Waals surface area contributed by atoms with Crippen LogP contribution in [-0.2, 0) is 13.0 Å². The molecule has 2 aromatic rings. The molecular weight excluding hydrogens is 256 g/mol. The molecule has 0 radical (unpaired) electrons. The molecule has 6 heteroatoms. The van der Waals surface area contributed by atoms with Gasteiger partial charge in [-0.15, -0.1) is 0 Å². The average molecular weight is 276 g/mol. The van der Waals surface area contributed by atoms with E-state index in [1.54, 1.807) is 14.2 Å². The van der Waals surface area contributed by atoms with Crippen LogP contribution in [0.1, 0.15) is 17.8 Å². The number of H-pyrrole nitrogens is 1. The molecule has 0 aliphatic carbocycles. The number of aromatic amines is 1. The Kier molecular flexibility index (Phi) is 5.37. The second-order valence-electron chi connectivity index (χ2n) is 4.39. The summed E-state index contributed by atoms with van der Waals surface area (Å²) in [4.78, 5) is 4.09. The fourth-order valence-electron chi connectivity index (χ4n) is 1.98. The Morgan fingerprint density at radius 2 is 2.15 bits per heavy atom. The number of hydrogen-bond donors (Lipinski definition) is 2. The van der Waals surface area contributed by atoms with Gasteiger partial charge in [0.05, 0.1) is 14.2 Å². The molecule has 6 nitrogen and oxygen atoms in total. The molecule has 0 bridgehead atoms. The molecule has 1 aromatic carbocycles. The van der Waals surface area contributed by atoms with Gasteiger partial charge in [-0.2, -0.15) is 5.10 Å². The van der Waals surface area contributed by atoms with Gasteiger partial charge in [-0.3, -0.25) is 5.10 Å². The Hall–Kier alpha value is -2.08. The third kappa shape index (κ3) is 3.96. The first kappa shape index (κ1) is 14.3. The van der Waals surface area contributed by atoms with Gasteiger partial charge < -0.3 is 14.8 Å². The fraction of sp³-hybridized carbons (Fsp3) is 0.429. The number of rotatable bonds is 8. The summed E-state index contributed by atoms with van der Waals surface area (Å²) >= 11 is 0. The topological polar surface area (TPSA) is 72.1 Å². The molecule has 20 heavy (non-hydrogen) atoms. The van der Waals surface area contributed by atoms with Crippen molar-refractivity contribution in [2.24, 2.45) is 0 Å². The normalized spacial score (nSPS) is 10.5. The summed E-state index contributed by atoms with van der Waals surface area (Å²) in [5.74, 6) is 2.63. The lowest BCUT2D eigenvalue weighted by Crippen LogP contribution is -2.16. The summed E-state index contributed by atoms with van der Waals surface area (Å²) in [5, 5.41) is 10.1. The van der Waals surface area contributed by atoms with Crippen LogP contribution < -0.4 is 14.8 Å². The van der Waals surface area contributed by atoms with E-state index in [0.29, 0.717) is 0 Å². The number of nitrogens with one attached hydrogen (secondary N) is 2. The van der Waals surface area contributed by atoms with Crippen LogP contribution in [0.15, 0.2) is 24.5 Å². The number of nitrogens with zero attached hydrogens (tertiary/aromatic N) is 2. The zero-order valence-corrected chi connectivity index (χ0v) is 11.8. The van der Waals surface area contributed by atoms with Crippen molar-refractivity contribution in [3.05, 3.63) is 35.9 Å². The number of methoxy groups -OCH3 is 2. The van der Waals surface area contributed by atoms with Gasteiger partial charge in [0.2, 0.25) is 0 Å². The molecule has 0 unspecified atom stereocenters. The lowest BCUT2D eigenvalue weighted by atomic mass is 10.2. The molecule has 0 atom stereocenters. The molecular formula is C14H20N4O2. The van der Waals surface area contributed by atoms with Gasteiger partial charge in [0.25, 0.3) is 0 Å². The quantitative estimate of drug-likeness (QED) is 0.716. The third-order valence-corrected chi connectivity index (χ3v) is 3.04. The van der Waals surface area contributed by atoms with Crippen LogP contribution in [0.2, 0.25) is 0 Å². The number of benzene rings is 1. The first-order chi connectivity index (χ1) is 9.83. The maximum atomic E-state index is 5.34. The van der Waals surface area contributed by atoms with Gasteiger partial charge in [-0.25, -0.2) is 4.98 Å². The summed E-state index contributed by atoms with van der Waals surface area (Å²) in [7, 11) is 3.34. The van der Waals surface area contributed by atoms with E-state index in [9.17, 15) is 0 Å². The minimum absolute atomic E-state index is 0.747. The lowest BCUT2D eigenvalue weighted by molar-refractivity contribution is 0.397. The molecule has 0 fully saturated rings. The van der Waals surface area contributed by atoms with Crippen molar-refractivity contribution >= 4 is 0 Å². The average Bonchev–Trinajstić information content (AvgIpc) is 3.00. The van der Waals surface area contributed by atoms with Crippen molar-refractivity contribution in [1.82, 2.24) is 20.5 Å². The Morgan fingerprint density at radius 3 is 2.85 bits per heavy atom. The number of aryl methyl sites for hydroxylation is 1. The second-order valence-corrected chi connectivity index (χ2v) is 4.39. The highest BCUT2D eigenvalue weighted by Crippen LogP contribution is 2.23. The van der Waals surface area contributed by atoms with Crippen molar-refractivity contribution < 1.29 is 9.47 Å². The van der Waals surface area contributed by atoms with Crippen molar-refractivity contribution in [2.75, 3.05) is 20.8 Å². The maximum absolute atomic E-state index is 5.34. The summed E-state index contributed by atoms with van der Waals surface area (Å²) in [5.41, 5.74) is 1.09. The summed E-state index contributed by atoms with van der Waals surface area (Å²) < 4.78 is 10.6. The van der Waals surface area contributed by atoms with Crippen molar-refractivity contribution in [1.29, 1.82) is 0 Å². The minimum Gasteiger partial charge on any atom is -0.497 e. The van der Waals surface area contributed by atoms with Crippen LogP contribution >= 0.6 is 0 Å². The third-order valence-electron chi connectivity index (χ3n) is 3.04. The van der Waals surface area contributed by atoms with Crippen molar-refractivity contribution in [2.45, 2.75) is 19.4 Å². The van der Waals surface area contributed by atoms with E-state index in [1.165, 1.54) is 6.33 Å². The maximum Gasteiger partial charge on any atom is 0.137 e. The zero-order valence-electron chi connectivity index (χ0n) is 11.8. The van der Waals surface area contributed by atoms with Gasteiger partial charge in [0.1, 0.15) is 23.7 Å². The Labute approximate surface area is 118 Å². The number of ether oxygens (including phenoxy) is 2. The Balaban J connectivity index is 1.78. The fourth-order valence-corrected chi connectivity index (χ4v) is 1.98. The molecule has 2 rings (SSSR count). The van der Waals surface area contributed by atoms with E-state index in [1.807, 2.05) is 18.2 Å². The molecule has 2 N–H and O–H groups in total. The van der Waals surface area contributed by atoms with Crippen LogP contribution in [0, 0.1) is 0 Å². The standard InChI is InChI=1S/C14H20N4O2/c1-19-12-5-6-13(20-2)11(8-12)9-15-7-3-4-14-16-10-17-18-14/h5-6,8,10,15H,3-4,7,9H2,1-2H3,(H,16,17,18). The van der Waals surface area contributed by atoms with Crippen LogP contribution in [0.25, 0.3) is 0 Å². The molecule has 0 amide bonds. The highest BCUT2D eigenvalue weighted by Gasteiger charge is 2.04. The van der Waals surface area contributed by atoms with Crippen molar-refractivity contribution in [3.8, 4) is 11.5 Å². The molecule has 0 saturated heterocycles. The predicted octanol–water partition coefficient (Wildman–Crippen LogP) is 1.54. The SMILES string of the molecule is COc1ccc(OC)c(CNCCCc2ncn[nH]2)c1. The monoisotopic (exact) mass is 276 g/mol. The van der Waals surface area contributed by atoms with Crippen LogP contribution in [0.5, 0.6) is 11.5 Å². The van der Waals surface area contributed by atoms with Crippen LogP contribution in [0.4, 0.5) is 0 Å². The predicted molar refractivity (Wildman–Crippen MR) is 76.0 cm³/mol. The molecule has 0 spiro atoms. The van der Waals surface area contributed by atoms with E-state index in [-0.39, 0.29) is 0 Å². The summed E-state index contributed by atoms with van der Waals surface area (Å²) in [6.45, 7) is 1.65. The largest absolute Gasteiger partial charge is 0.497 e. The highest BCUT2D eigenvalue weighted by atomic mass is 16.5. The van der Waals surface area contributed by atoms with Gasteiger partial charge in [0.15, 0.2) is 0 Å². The molecule has 0 aliphatic rings. The Morgan fingerprint density at radius 1 is 1.25 bits per heavy atom. The van der Waals surface area contributed by atoms with E-state index < -0.39 is 0 Å². The summed E-state index contributed by atoms with van der Waals surface area (Å²) in [6.07, 6.45) is 3.42. The van der Waals surface area contributed by atoms with Crippen LogP contribution in [-0.4, -0.2) is 35.9 Å². The summed E-state index contributed by atoms with van der Waals surface area (Å²) in [6, 6.07) is 5.80. The zero-order chi connectivity index (χ0) is 14.2. The smallest absolute Gasteiger partial charge is 0.137 e. The van der Waals surface area contributed by atoms with Gasteiger partial charge >= 0.3 is 0 Å².